The summed E-state index contributed by atoms with van der Waals surface area (Å²) in [5, 5.41) is 0. The molecule has 0 aromatic carbocycles. The van der Waals surface area contributed by atoms with Crippen molar-refractivity contribution in [1.29, 1.82) is 0 Å². The summed E-state index contributed by atoms with van der Waals surface area (Å²) in [5.74, 6) is -0.882. The van der Waals surface area contributed by atoms with E-state index in [4.69, 9.17) is 34.5 Å². The smallest absolute Gasteiger partial charge is 0.462 e. The van der Waals surface area contributed by atoms with Crippen LogP contribution in [0.2, 0.25) is 0 Å². The summed E-state index contributed by atoms with van der Waals surface area (Å²) in [5.41, 5.74) is 11.5. The normalized spacial score (nSPS) is 13.5. The minimum Gasteiger partial charge on any atom is -0.462 e. The Hall–Kier alpha value is -1.36. The molecule has 0 saturated carbocycles. The molecule has 11 nitrogen and oxygen atoms in total. The van der Waals surface area contributed by atoms with E-state index >= 15 is 0 Å². The number of unbranched alkanes of at least 4 members (excludes halogenated alkanes) is 29. The van der Waals surface area contributed by atoms with Crippen LogP contribution in [0.15, 0.2) is 0 Å². The van der Waals surface area contributed by atoms with E-state index in [1.807, 2.05) is 0 Å². The highest BCUT2D eigenvalue weighted by Gasteiger charge is 2.29. The lowest BCUT2D eigenvalue weighted by Crippen LogP contribution is -2.30. The fraction of sp³-hybridized carbons (Fsp3) is 0.939. The van der Waals surface area contributed by atoms with Gasteiger partial charge >= 0.3 is 19.8 Å². The molecule has 0 fully saturated rings. The average Bonchev–Trinajstić information content (AvgIpc) is 3.26. The van der Waals surface area contributed by atoms with Crippen LogP contribution in [0.1, 0.15) is 251 Å². The number of Topliss-reactive ketones (excluding diaryl/α,β-unsaturated/α-hetero) is 1. The molecular formula is C49H97N2O9P. The molecule has 0 aliphatic rings. The highest BCUT2D eigenvalue weighted by atomic mass is 31.2. The Morgan fingerprint density at radius 3 is 1.31 bits per heavy atom. The molecule has 0 aliphatic carbocycles. The van der Waals surface area contributed by atoms with E-state index in [2.05, 4.69) is 13.8 Å². The zero-order valence-corrected chi connectivity index (χ0v) is 40.8. The zero-order valence-electron chi connectivity index (χ0n) is 39.9. The second kappa shape index (κ2) is 45.2. The summed E-state index contributed by atoms with van der Waals surface area (Å²) in [4.78, 5) is 37.9. The fourth-order valence-corrected chi connectivity index (χ4v) is 8.48. The Balaban J connectivity index is 4.61. The van der Waals surface area contributed by atoms with E-state index in [0.29, 0.717) is 19.4 Å². The maximum atomic E-state index is 13.2. The van der Waals surface area contributed by atoms with Crippen molar-refractivity contribution in [2.24, 2.45) is 11.5 Å². The Labute approximate surface area is 375 Å². The van der Waals surface area contributed by atoms with Gasteiger partial charge in [0, 0.05) is 26.4 Å². The third kappa shape index (κ3) is 41.1. The molecule has 61 heavy (non-hydrogen) atoms. The first-order valence-electron chi connectivity index (χ1n) is 25.5. The molecule has 0 aromatic rings. The molecule has 0 aromatic heterocycles. The van der Waals surface area contributed by atoms with Crippen molar-refractivity contribution in [2.45, 2.75) is 264 Å². The highest BCUT2D eigenvalue weighted by molar-refractivity contribution is 7.48. The van der Waals surface area contributed by atoms with Crippen LogP contribution < -0.4 is 11.5 Å². The fourth-order valence-electron chi connectivity index (χ4n) is 7.50. The predicted octanol–water partition coefficient (Wildman–Crippen LogP) is 13.6. The topological polar surface area (TPSA) is 166 Å². The highest BCUT2D eigenvalue weighted by Crippen LogP contribution is 2.48. The number of ether oxygens (including phenoxy) is 2. The Bertz CT molecular complexity index is 1050. The minimum atomic E-state index is -4.04. The van der Waals surface area contributed by atoms with Gasteiger partial charge in [-0.2, -0.15) is 0 Å². The van der Waals surface area contributed by atoms with Crippen molar-refractivity contribution in [3.63, 3.8) is 0 Å². The van der Waals surface area contributed by atoms with Crippen LogP contribution in [0.4, 0.5) is 0 Å². The molecule has 0 radical (unpaired) electrons. The standard InChI is InChI=1S/C49H97N2O9P/c1-4-6-8-10-12-14-16-18-20-22-24-26-28-30-32-39-48(53)57-43-45(44-59-61(55,56-3)58-42-36-38-47(52)46(51)37-34-35-41-50)60-49(54)40-33-31-29-27-25-23-21-19-17-15-13-11-9-7-5-2/h45-46H,4-44,50-51H2,1-3H3. The summed E-state index contributed by atoms with van der Waals surface area (Å²) in [6.07, 6.45) is 39.4. The summed E-state index contributed by atoms with van der Waals surface area (Å²) in [6, 6.07) is -0.566. The molecule has 0 bridgehead atoms. The number of nitrogens with two attached hydrogens (primary N) is 2. The summed E-state index contributed by atoms with van der Waals surface area (Å²) in [6.45, 7) is 4.47. The van der Waals surface area contributed by atoms with E-state index < -0.39 is 25.9 Å². The van der Waals surface area contributed by atoms with E-state index in [9.17, 15) is 18.9 Å². The summed E-state index contributed by atoms with van der Waals surface area (Å²) >= 11 is 0. The van der Waals surface area contributed by atoms with Gasteiger partial charge in [0.15, 0.2) is 6.10 Å². The first-order valence-corrected chi connectivity index (χ1v) is 27.0. The molecule has 4 N–H and O–H groups in total. The van der Waals surface area contributed by atoms with Gasteiger partial charge in [0.1, 0.15) is 12.4 Å². The number of hydrogen-bond acceptors (Lipinski definition) is 11. The van der Waals surface area contributed by atoms with Gasteiger partial charge in [-0.15, -0.1) is 0 Å². The third-order valence-electron chi connectivity index (χ3n) is 11.5. The largest absolute Gasteiger partial charge is 0.474 e. The molecular weight excluding hydrogens is 792 g/mol. The maximum absolute atomic E-state index is 13.2. The third-order valence-corrected chi connectivity index (χ3v) is 13.0. The van der Waals surface area contributed by atoms with Gasteiger partial charge in [-0.1, -0.05) is 200 Å². The van der Waals surface area contributed by atoms with Gasteiger partial charge < -0.3 is 20.9 Å². The molecule has 0 heterocycles. The number of carbonyl (C=O) groups is 3. The van der Waals surface area contributed by atoms with Crippen molar-refractivity contribution < 1.29 is 42.0 Å². The van der Waals surface area contributed by atoms with Crippen molar-refractivity contribution >= 4 is 25.5 Å². The van der Waals surface area contributed by atoms with E-state index in [-0.39, 0.29) is 57.3 Å². The Kier molecular flexibility index (Phi) is 44.2. The predicted molar refractivity (Wildman–Crippen MR) is 252 cm³/mol. The van der Waals surface area contributed by atoms with Crippen LogP contribution in [0.3, 0.4) is 0 Å². The average molecular weight is 889 g/mol. The molecule has 362 valence electrons. The Morgan fingerprint density at radius 2 is 0.902 bits per heavy atom. The van der Waals surface area contributed by atoms with Crippen molar-refractivity contribution in [3.05, 3.63) is 0 Å². The molecule has 0 aliphatic heterocycles. The van der Waals surface area contributed by atoms with Gasteiger partial charge in [0.25, 0.3) is 0 Å². The van der Waals surface area contributed by atoms with Crippen molar-refractivity contribution in [2.75, 3.05) is 33.5 Å². The van der Waals surface area contributed by atoms with Crippen molar-refractivity contribution in [3.8, 4) is 0 Å². The first kappa shape index (κ1) is 59.6. The SMILES string of the molecule is CCCCCCCCCCCCCCCCCC(=O)OCC(COP(=O)(OC)OCCCC(=O)C(N)CCCCN)OC(=O)CCCCCCCCCCCCCCCCC. The van der Waals surface area contributed by atoms with E-state index in [1.54, 1.807) is 0 Å². The quantitative estimate of drug-likeness (QED) is 0.0339. The van der Waals surface area contributed by atoms with Gasteiger partial charge in [-0.3, -0.25) is 28.0 Å². The number of carbonyl (C=O) groups excluding carboxylic acids is 3. The number of ketones is 1. The van der Waals surface area contributed by atoms with Crippen LogP contribution >= 0.6 is 7.82 Å². The number of esters is 2. The first-order chi connectivity index (χ1) is 29.7. The van der Waals surface area contributed by atoms with Gasteiger partial charge in [0.2, 0.25) is 0 Å². The van der Waals surface area contributed by atoms with Crippen LogP contribution in [0.25, 0.3) is 0 Å². The molecule has 0 spiro atoms. The lowest BCUT2D eigenvalue weighted by molar-refractivity contribution is -0.161. The number of phosphoric ester groups is 1. The van der Waals surface area contributed by atoms with Crippen LogP contribution in [-0.2, 0) is 42.0 Å². The summed E-state index contributed by atoms with van der Waals surface area (Å²) < 4.78 is 40.5. The molecule has 0 amide bonds. The monoisotopic (exact) mass is 889 g/mol. The lowest BCUT2D eigenvalue weighted by atomic mass is 10.0. The lowest BCUT2D eigenvalue weighted by Gasteiger charge is -2.21. The van der Waals surface area contributed by atoms with Crippen molar-refractivity contribution in [1.82, 2.24) is 0 Å². The molecule has 0 rings (SSSR count). The minimum absolute atomic E-state index is 0.0513. The number of rotatable bonds is 49. The van der Waals surface area contributed by atoms with E-state index in [1.165, 1.54) is 161 Å². The van der Waals surface area contributed by atoms with Gasteiger partial charge in [-0.05, 0) is 38.6 Å². The second-order valence-electron chi connectivity index (χ2n) is 17.4. The number of phosphoric acid groups is 1. The second-order valence-corrected chi connectivity index (χ2v) is 19.2. The van der Waals surface area contributed by atoms with Crippen LogP contribution in [0.5, 0.6) is 0 Å². The molecule has 3 unspecified atom stereocenters. The Morgan fingerprint density at radius 1 is 0.492 bits per heavy atom. The summed E-state index contributed by atoms with van der Waals surface area (Å²) in [7, 11) is -2.84. The maximum Gasteiger partial charge on any atom is 0.474 e. The zero-order chi connectivity index (χ0) is 44.9. The van der Waals surface area contributed by atoms with Crippen LogP contribution in [-0.4, -0.2) is 63.3 Å². The van der Waals surface area contributed by atoms with Gasteiger partial charge in [-0.25, -0.2) is 4.57 Å². The van der Waals surface area contributed by atoms with Crippen LogP contribution in [0, 0.1) is 0 Å². The van der Waals surface area contributed by atoms with E-state index in [0.717, 1.165) is 44.9 Å². The van der Waals surface area contributed by atoms with Gasteiger partial charge in [0.05, 0.1) is 19.3 Å². The molecule has 0 saturated heterocycles. The number of hydrogen-bond donors (Lipinski definition) is 2. The molecule has 12 heteroatoms. The molecule has 3 atom stereocenters.